The molecule has 0 saturated heterocycles. The minimum absolute atomic E-state index is 0.299. The average molecular weight is 755 g/mol. The Morgan fingerprint density at radius 2 is 0.754 bits per heavy atom. The molecule has 6 aromatic heterocycles. The number of benzene rings is 4. The number of fused-ring (bicyclic) bond motifs is 6. The minimum atomic E-state index is -3.22. The molecule has 0 N–H and O–H groups in total. The zero-order chi connectivity index (χ0) is 38.7. The minimum Gasteiger partial charge on any atom is -0.308 e. The quantitative estimate of drug-likeness (QED) is 0.145. The Labute approximate surface area is 333 Å². The first-order valence-corrected chi connectivity index (χ1v) is 21.8. The van der Waals surface area contributed by atoms with Crippen LogP contribution in [0.5, 0.6) is 0 Å². The lowest BCUT2D eigenvalue weighted by Gasteiger charge is -2.32. The summed E-state index contributed by atoms with van der Waals surface area (Å²) < 4.78 is 4.70. The molecule has 0 fully saturated rings. The summed E-state index contributed by atoms with van der Waals surface area (Å²) in [5, 5.41) is 8.97. The smallest absolute Gasteiger partial charge is 0.223 e. The van der Waals surface area contributed by atoms with Gasteiger partial charge in [-0.25, -0.2) is 0 Å². The predicted octanol–water partition coefficient (Wildman–Crippen LogP) is 9.09. The lowest BCUT2D eigenvalue weighted by Crippen LogP contribution is -2.76. The number of rotatable bonds is 8. The van der Waals surface area contributed by atoms with Crippen molar-refractivity contribution >= 4 is 72.7 Å². The first kappa shape index (κ1) is 34.8. The molecule has 7 heteroatoms. The van der Waals surface area contributed by atoms with E-state index in [4.69, 9.17) is 19.9 Å². The number of hydrogen-bond donors (Lipinski definition) is 0. The van der Waals surface area contributed by atoms with Gasteiger partial charge >= 0.3 is 0 Å². The zero-order valence-electron chi connectivity index (χ0n) is 32.5. The highest BCUT2D eigenvalue weighted by Crippen LogP contribution is 2.34. The molecule has 0 unspecified atom stereocenters. The first-order chi connectivity index (χ1) is 27.9. The van der Waals surface area contributed by atoms with E-state index in [1.807, 2.05) is 12.4 Å². The van der Waals surface area contributed by atoms with Gasteiger partial charge in [-0.15, -0.1) is 0 Å². The van der Waals surface area contributed by atoms with Crippen LogP contribution >= 0.6 is 0 Å². The highest BCUT2D eigenvalue weighted by molar-refractivity contribution is 7.19. The summed E-state index contributed by atoms with van der Waals surface area (Å²) in [7, 11) is -3.22. The van der Waals surface area contributed by atoms with Crippen molar-refractivity contribution in [2.45, 2.75) is 39.5 Å². The molecule has 0 aliphatic heterocycles. The number of hydrogen-bond acceptors (Lipinski definition) is 4. The fourth-order valence-electron chi connectivity index (χ4n) is 8.67. The van der Waals surface area contributed by atoms with Crippen LogP contribution in [0.1, 0.15) is 50.9 Å². The Morgan fingerprint density at radius 1 is 0.386 bits per heavy atom. The van der Waals surface area contributed by atoms with Gasteiger partial charge in [0.1, 0.15) is 0 Å². The fourth-order valence-corrected chi connectivity index (χ4v) is 13.1. The summed E-state index contributed by atoms with van der Waals surface area (Å²) in [5.41, 5.74) is 8.62. The molecule has 0 amide bonds. The maximum Gasteiger partial charge on any atom is 0.223 e. The molecule has 10 rings (SSSR count). The first-order valence-electron chi connectivity index (χ1n) is 19.8. The normalized spacial score (nSPS) is 12.2. The number of aromatic nitrogens is 6. The Balaban J connectivity index is 1.34. The highest BCUT2D eigenvalue weighted by Gasteiger charge is 2.45. The number of nitrogens with zero attached hydrogens (tertiary/aromatic N) is 6. The van der Waals surface area contributed by atoms with Gasteiger partial charge in [-0.1, -0.05) is 125 Å². The maximum atomic E-state index is 5.55. The molecule has 4 aromatic carbocycles. The van der Waals surface area contributed by atoms with E-state index in [1.165, 1.54) is 10.4 Å². The van der Waals surface area contributed by atoms with Crippen molar-refractivity contribution in [1.82, 2.24) is 29.1 Å². The Hall–Kier alpha value is -6.70. The van der Waals surface area contributed by atoms with Gasteiger partial charge in [0.2, 0.25) is 8.07 Å². The number of pyridine rings is 4. The van der Waals surface area contributed by atoms with E-state index in [9.17, 15) is 0 Å². The van der Waals surface area contributed by atoms with Crippen LogP contribution in [0, 0.1) is 0 Å². The molecule has 57 heavy (non-hydrogen) atoms. The van der Waals surface area contributed by atoms with Gasteiger partial charge in [0, 0.05) is 67.3 Å². The molecule has 0 spiro atoms. The maximum absolute atomic E-state index is 5.55. The van der Waals surface area contributed by atoms with Crippen molar-refractivity contribution in [3.63, 3.8) is 0 Å². The molecular formula is C50H42N6Si. The second kappa shape index (κ2) is 13.8. The Kier molecular flexibility index (Phi) is 8.41. The second-order valence-corrected chi connectivity index (χ2v) is 19.2. The molecule has 6 heterocycles. The van der Waals surface area contributed by atoms with Crippen molar-refractivity contribution in [1.29, 1.82) is 0 Å². The van der Waals surface area contributed by atoms with Crippen LogP contribution in [0.15, 0.2) is 170 Å². The van der Waals surface area contributed by atoms with Gasteiger partial charge in [0.15, 0.2) is 0 Å². The fraction of sp³-hybridized carbons (Fsp3) is 0.120. The monoisotopic (exact) mass is 754 g/mol. The predicted molar refractivity (Wildman–Crippen MR) is 238 cm³/mol. The summed E-state index contributed by atoms with van der Waals surface area (Å²) in [6.45, 7) is 8.78. The van der Waals surface area contributed by atoms with Crippen molar-refractivity contribution in [2.75, 3.05) is 0 Å². The topological polar surface area (TPSA) is 61.4 Å². The van der Waals surface area contributed by atoms with E-state index in [2.05, 4.69) is 195 Å². The molecule has 0 aliphatic carbocycles. The average Bonchev–Trinajstić information content (AvgIpc) is 3.76. The van der Waals surface area contributed by atoms with Crippen molar-refractivity contribution in [2.24, 2.45) is 0 Å². The molecule has 0 radical (unpaired) electrons. The highest BCUT2D eigenvalue weighted by atomic mass is 28.3. The molecule has 10 aromatic rings. The van der Waals surface area contributed by atoms with Crippen molar-refractivity contribution in [3.05, 3.63) is 182 Å². The van der Waals surface area contributed by atoms with Crippen LogP contribution in [0.25, 0.3) is 55.0 Å². The number of para-hydroxylation sites is 2. The van der Waals surface area contributed by atoms with Gasteiger partial charge in [-0.3, -0.25) is 19.9 Å². The van der Waals surface area contributed by atoms with Gasteiger partial charge < -0.3 is 9.13 Å². The Bertz CT molecular complexity index is 2850. The third-order valence-corrected chi connectivity index (χ3v) is 16.0. The lowest BCUT2D eigenvalue weighted by atomic mass is 10.1. The molecule has 0 bridgehead atoms. The zero-order valence-corrected chi connectivity index (χ0v) is 33.5. The summed E-state index contributed by atoms with van der Waals surface area (Å²) in [6, 6.07) is 52.3. The molecule has 0 atom stereocenters. The van der Waals surface area contributed by atoms with Gasteiger partial charge in [-0.05, 0) is 70.7 Å². The van der Waals surface area contributed by atoms with E-state index in [0.717, 1.165) is 77.0 Å². The molecule has 0 aliphatic rings. The summed E-state index contributed by atoms with van der Waals surface area (Å²) >= 11 is 0. The van der Waals surface area contributed by atoms with Crippen LogP contribution in [-0.2, 0) is 0 Å². The third-order valence-electron chi connectivity index (χ3n) is 11.5. The van der Waals surface area contributed by atoms with Crippen LogP contribution in [0.2, 0.25) is 0 Å². The summed E-state index contributed by atoms with van der Waals surface area (Å²) in [4.78, 5) is 21.0. The van der Waals surface area contributed by atoms with Crippen molar-refractivity contribution < 1.29 is 0 Å². The molecular weight excluding hydrogens is 713 g/mol. The van der Waals surface area contributed by atoms with Crippen LogP contribution in [0.3, 0.4) is 0 Å². The van der Waals surface area contributed by atoms with E-state index in [-0.39, 0.29) is 0 Å². The summed E-state index contributed by atoms with van der Waals surface area (Å²) in [5.74, 6) is 0.599. The van der Waals surface area contributed by atoms with Gasteiger partial charge in [0.05, 0.1) is 34.5 Å². The SMILES string of the molecule is CC(C)c1cc2c3cnc([Si](c4ccccc4)(c4ccccc4)c4cc5c(cn4)c4cc(C(C)C)ncc4n5-c4ccccc4)cc3n(-c3ccccc3)c2cn1. The van der Waals surface area contributed by atoms with Crippen molar-refractivity contribution in [3.8, 4) is 11.4 Å². The lowest BCUT2D eigenvalue weighted by molar-refractivity contribution is 0.825. The van der Waals surface area contributed by atoms with E-state index >= 15 is 0 Å². The van der Waals surface area contributed by atoms with Crippen LogP contribution < -0.4 is 21.0 Å². The Morgan fingerprint density at radius 3 is 1.12 bits per heavy atom. The standard InChI is InChI=1S/C50H42N6Si/c1-33(2)43-25-39-41-29-53-49(27-45(41)55(47(39)31-51-43)35-17-9-5-10-18-35)57(37-21-13-7-14-22-37,38-23-15-8-16-24-38)50-28-46-42(30-54-50)40-26-44(34(3)4)52-32-48(40)56(46)36-19-11-6-12-20-36/h5-34H,1-4H3. The van der Waals surface area contributed by atoms with E-state index < -0.39 is 8.07 Å². The molecule has 6 nitrogen and oxygen atoms in total. The molecule has 276 valence electrons. The van der Waals surface area contributed by atoms with E-state index in [0.29, 0.717) is 11.8 Å². The van der Waals surface area contributed by atoms with Crippen LogP contribution in [0.4, 0.5) is 0 Å². The van der Waals surface area contributed by atoms with Crippen LogP contribution in [-0.4, -0.2) is 37.1 Å². The van der Waals surface area contributed by atoms with Gasteiger partial charge in [0.25, 0.3) is 0 Å². The molecule has 0 saturated carbocycles. The third kappa shape index (κ3) is 5.52. The van der Waals surface area contributed by atoms with E-state index in [1.54, 1.807) is 0 Å². The second-order valence-electron chi connectivity index (χ2n) is 15.6. The largest absolute Gasteiger partial charge is 0.308 e. The summed E-state index contributed by atoms with van der Waals surface area (Å²) in [6.07, 6.45) is 8.27. The van der Waals surface area contributed by atoms with Gasteiger partial charge in [-0.2, -0.15) is 0 Å².